The molecule has 1 aromatic rings. The van der Waals surface area contributed by atoms with Gasteiger partial charge in [0.1, 0.15) is 0 Å². The molecule has 3 nitrogen and oxygen atoms in total. The highest BCUT2D eigenvalue weighted by molar-refractivity contribution is 5.42. The van der Waals surface area contributed by atoms with E-state index in [0.717, 1.165) is 23.5 Å². The SMILES string of the molecule is COc1ccc(C[C@@H](C)CO)cc1OC. The molecular formula is C12H18O3. The van der Waals surface area contributed by atoms with E-state index >= 15 is 0 Å². The zero-order chi connectivity index (χ0) is 11.3. The van der Waals surface area contributed by atoms with Crippen LogP contribution in [0.3, 0.4) is 0 Å². The zero-order valence-electron chi connectivity index (χ0n) is 9.49. The Balaban J connectivity index is 2.83. The van der Waals surface area contributed by atoms with E-state index in [-0.39, 0.29) is 12.5 Å². The van der Waals surface area contributed by atoms with Gasteiger partial charge in [-0.05, 0) is 30.0 Å². The molecule has 0 aliphatic carbocycles. The molecule has 1 N–H and O–H groups in total. The molecule has 0 unspecified atom stereocenters. The maximum Gasteiger partial charge on any atom is 0.160 e. The molecule has 0 aliphatic rings. The summed E-state index contributed by atoms with van der Waals surface area (Å²) in [6.45, 7) is 2.21. The normalized spacial score (nSPS) is 12.3. The summed E-state index contributed by atoms with van der Waals surface area (Å²) in [7, 11) is 3.24. The topological polar surface area (TPSA) is 38.7 Å². The second-order valence-corrected chi connectivity index (χ2v) is 3.68. The van der Waals surface area contributed by atoms with E-state index in [2.05, 4.69) is 0 Å². The van der Waals surface area contributed by atoms with Crippen molar-refractivity contribution < 1.29 is 14.6 Å². The molecule has 0 amide bonds. The molecule has 15 heavy (non-hydrogen) atoms. The molecule has 0 radical (unpaired) electrons. The lowest BCUT2D eigenvalue weighted by Gasteiger charge is -2.11. The summed E-state index contributed by atoms with van der Waals surface area (Å²) in [6, 6.07) is 5.83. The third-order valence-corrected chi connectivity index (χ3v) is 2.34. The molecule has 0 spiro atoms. The fourth-order valence-corrected chi connectivity index (χ4v) is 1.47. The Labute approximate surface area is 90.6 Å². The van der Waals surface area contributed by atoms with Crippen LogP contribution in [0, 0.1) is 5.92 Å². The van der Waals surface area contributed by atoms with E-state index in [4.69, 9.17) is 14.6 Å². The predicted molar refractivity (Wildman–Crippen MR) is 59.5 cm³/mol. The highest BCUT2D eigenvalue weighted by Crippen LogP contribution is 2.28. The lowest BCUT2D eigenvalue weighted by molar-refractivity contribution is 0.237. The predicted octanol–water partition coefficient (Wildman–Crippen LogP) is 1.87. The van der Waals surface area contributed by atoms with Gasteiger partial charge < -0.3 is 14.6 Å². The minimum absolute atomic E-state index is 0.203. The fourth-order valence-electron chi connectivity index (χ4n) is 1.47. The third kappa shape index (κ3) is 3.13. The number of methoxy groups -OCH3 is 2. The monoisotopic (exact) mass is 210 g/mol. The van der Waals surface area contributed by atoms with Gasteiger partial charge in [-0.15, -0.1) is 0 Å². The van der Waals surface area contributed by atoms with Gasteiger partial charge in [-0.2, -0.15) is 0 Å². The quantitative estimate of drug-likeness (QED) is 0.806. The summed E-state index contributed by atoms with van der Waals surface area (Å²) < 4.78 is 10.4. The number of aliphatic hydroxyl groups is 1. The van der Waals surface area contributed by atoms with Crippen LogP contribution in [-0.2, 0) is 6.42 Å². The van der Waals surface area contributed by atoms with Gasteiger partial charge in [0.15, 0.2) is 11.5 Å². The second-order valence-electron chi connectivity index (χ2n) is 3.68. The van der Waals surface area contributed by atoms with E-state index in [9.17, 15) is 0 Å². The van der Waals surface area contributed by atoms with Crippen molar-refractivity contribution in [1.29, 1.82) is 0 Å². The molecule has 1 rings (SSSR count). The van der Waals surface area contributed by atoms with Crippen LogP contribution in [0.5, 0.6) is 11.5 Å². The molecular weight excluding hydrogens is 192 g/mol. The molecule has 0 aliphatic heterocycles. The number of ether oxygens (including phenoxy) is 2. The largest absolute Gasteiger partial charge is 0.493 e. The van der Waals surface area contributed by atoms with E-state index in [1.54, 1.807) is 14.2 Å². The first-order valence-electron chi connectivity index (χ1n) is 5.03. The molecule has 84 valence electrons. The van der Waals surface area contributed by atoms with Crippen molar-refractivity contribution >= 4 is 0 Å². The van der Waals surface area contributed by atoms with Crippen molar-refractivity contribution in [2.45, 2.75) is 13.3 Å². The first-order valence-corrected chi connectivity index (χ1v) is 5.03. The Morgan fingerprint density at radius 1 is 1.20 bits per heavy atom. The minimum Gasteiger partial charge on any atom is -0.493 e. The highest BCUT2D eigenvalue weighted by atomic mass is 16.5. The van der Waals surface area contributed by atoms with Crippen LogP contribution in [-0.4, -0.2) is 25.9 Å². The fraction of sp³-hybridized carbons (Fsp3) is 0.500. The second kappa shape index (κ2) is 5.61. The Kier molecular flexibility index (Phi) is 4.43. The van der Waals surface area contributed by atoms with Crippen molar-refractivity contribution in [3.63, 3.8) is 0 Å². The summed E-state index contributed by atoms with van der Waals surface area (Å²) in [5, 5.41) is 8.97. The number of aliphatic hydroxyl groups excluding tert-OH is 1. The van der Waals surface area contributed by atoms with Gasteiger partial charge in [0.25, 0.3) is 0 Å². The molecule has 0 aromatic heterocycles. The van der Waals surface area contributed by atoms with E-state index in [1.165, 1.54) is 0 Å². The van der Waals surface area contributed by atoms with Crippen LogP contribution >= 0.6 is 0 Å². The lowest BCUT2D eigenvalue weighted by atomic mass is 10.0. The average Bonchev–Trinajstić information content (AvgIpc) is 2.28. The third-order valence-electron chi connectivity index (χ3n) is 2.34. The van der Waals surface area contributed by atoms with E-state index < -0.39 is 0 Å². The van der Waals surface area contributed by atoms with E-state index in [0.29, 0.717) is 0 Å². The Hall–Kier alpha value is -1.22. The molecule has 0 bridgehead atoms. The number of rotatable bonds is 5. The molecule has 0 saturated carbocycles. The summed E-state index contributed by atoms with van der Waals surface area (Å²) >= 11 is 0. The Morgan fingerprint density at radius 2 is 1.87 bits per heavy atom. The van der Waals surface area contributed by atoms with Gasteiger partial charge in [0.05, 0.1) is 14.2 Å². The van der Waals surface area contributed by atoms with Crippen molar-refractivity contribution in [2.24, 2.45) is 5.92 Å². The van der Waals surface area contributed by atoms with Crippen molar-refractivity contribution in [3.05, 3.63) is 23.8 Å². The van der Waals surface area contributed by atoms with Crippen LogP contribution in [0.2, 0.25) is 0 Å². The lowest BCUT2D eigenvalue weighted by Crippen LogP contribution is -2.04. The van der Waals surface area contributed by atoms with Gasteiger partial charge in [-0.1, -0.05) is 13.0 Å². The number of hydrogen-bond donors (Lipinski definition) is 1. The van der Waals surface area contributed by atoms with Crippen molar-refractivity contribution in [1.82, 2.24) is 0 Å². The maximum atomic E-state index is 8.97. The minimum atomic E-state index is 0.203. The van der Waals surface area contributed by atoms with Gasteiger partial charge in [0.2, 0.25) is 0 Å². The van der Waals surface area contributed by atoms with Crippen LogP contribution in [0.25, 0.3) is 0 Å². The smallest absolute Gasteiger partial charge is 0.160 e. The first kappa shape index (κ1) is 11.9. The van der Waals surface area contributed by atoms with Gasteiger partial charge in [0, 0.05) is 6.61 Å². The van der Waals surface area contributed by atoms with Crippen molar-refractivity contribution in [3.8, 4) is 11.5 Å². The maximum absolute atomic E-state index is 8.97. The first-order chi connectivity index (χ1) is 7.21. The van der Waals surface area contributed by atoms with Gasteiger partial charge in [-0.25, -0.2) is 0 Å². The van der Waals surface area contributed by atoms with Gasteiger partial charge in [-0.3, -0.25) is 0 Å². The van der Waals surface area contributed by atoms with Gasteiger partial charge >= 0.3 is 0 Å². The molecule has 0 fully saturated rings. The van der Waals surface area contributed by atoms with Crippen molar-refractivity contribution in [2.75, 3.05) is 20.8 Å². The molecule has 1 aromatic carbocycles. The van der Waals surface area contributed by atoms with Crippen LogP contribution in [0.1, 0.15) is 12.5 Å². The van der Waals surface area contributed by atoms with Crippen LogP contribution in [0.4, 0.5) is 0 Å². The average molecular weight is 210 g/mol. The Bertz CT molecular complexity index is 310. The molecule has 0 saturated heterocycles. The number of benzene rings is 1. The summed E-state index contributed by atoms with van der Waals surface area (Å²) in [5.41, 5.74) is 1.15. The summed E-state index contributed by atoms with van der Waals surface area (Å²) in [5.74, 6) is 1.74. The molecule has 1 atom stereocenters. The van der Waals surface area contributed by atoms with E-state index in [1.807, 2.05) is 25.1 Å². The number of hydrogen-bond acceptors (Lipinski definition) is 3. The highest BCUT2D eigenvalue weighted by Gasteiger charge is 2.07. The zero-order valence-corrected chi connectivity index (χ0v) is 9.49. The molecule has 3 heteroatoms. The summed E-state index contributed by atoms with van der Waals surface area (Å²) in [4.78, 5) is 0. The van der Waals surface area contributed by atoms with Crippen LogP contribution < -0.4 is 9.47 Å². The standard InChI is InChI=1S/C12H18O3/c1-9(8-13)6-10-4-5-11(14-2)12(7-10)15-3/h4-5,7,9,13H,6,8H2,1-3H3/t9-/m1/s1. The Morgan fingerprint density at radius 3 is 2.40 bits per heavy atom. The summed E-state index contributed by atoms with van der Waals surface area (Å²) in [6.07, 6.45) is 0.844. The molecule has 0 heterocycles. The van der Waals surface area contributed by atoms with Crippen LogP contribution in [0.15, 0.2) is 18.2 Å².